The molecule has 0 saturated carbocycles. The highest BCUT2D eigenvalue weighted by atomic mass is 35.5. The van der Waals surface area contributed by atoms with Crippen molar-refractivity contribution in [2.24, 2.45) is 22.4 Å². The van der Waals surface area contributed by atoms with Gasteiger partial charge < -0.3 is 36.6 Å². The van der Waals surface area contributed by atoms with Gasteiger partial charge in [0.1, 0.15) is 24.3 Å². The average Bonchev–Trinajstić information content (AvgIpc) is 2.93. The van der Waals surface area contributed by atoms with Gasteiger partial charge in [0, 0.05) is 29.8 Å². The number of fused-ring (bicyclic) bond motifs is 1. The fourth-order valence-electron chi connectivity index (χ4n) is 4.29. The number of anilines is 1. The fourth-order valence-corrected chi connectivity index (χ4v) is 4.29. The highest BCUT2D eigenvalue weighted by Gasteiger charge is 2.28. The number of aryl methyl sites for hydroxylation is 1. The summed E-state index contributed by atoms with van der Waals surface area (Å²) in [5.74, 6) is -1.07. The molecule has 0 aliphatic heterocycles. The molecule has 0 aliphatic rings. The van der Waals surface area contributed by atoms with E-state index in [1.165, 1.54) is 6.07 Å². The van der Waals surface area contributed by atoms with Crippen LogP contribution in [0.1, 0.15) is 44.2 Å². The zero-order chi connectivity index (χ0) is 30.6. The Morgan fingerprint density at radius 3 is 2.37 bits per heavy atom. The lowest BCUT2D eigenvalue weighted by Crippen LogP contribution is -2.53. The zero-order valence-corrected chi connectivity index (χ0v) is 25.2. The van der Waals surface area contributed by atoms with Gasteiger partial charge in [0.15, 0.2) is 5.96 Å². The van der Waals surface area contributed by atoms with Crippen molar-refractivity contribution in [1.29, 1.82) is 0 Å². The van der Waals surface area contributed by atoms with Crippen molar-refractivity contribution in [1.82, 2.24) is 10.6 Å². The summed E-state index contributed by atoms with van der Waals surface area (Å²) in [5.41, 5.74) is 12.6. The molecule has 0 bridgehead atoms. The standard InChI is InChI=1S/C30H38N6O6.ClH/c1-18(2)14-24(36-30(40)41-17-20-8-5-4-6-9-20)28(39)35-23(10-7-13-33-29(31)32)27(38)34-21-11-12-22-19(3)15-26(37)42-25(22)16-21;/h4-6,8-9,11-12,15-16,18,23-24H,7,10,13-14,17H2,1-3H3,(H,34,38)(H,35,39)(H,36,40)(H4,31,32,33);1H/t23-,24-;/m0./s1. The first-order valence-electron chi connectivity index (χ1n) is 13.7. The Morgan fingerprint density at radius 1 is 0.977 bits per heavy atom. The van der Waals surface area contributed by atoms with Crippen LogP contribution in [0.15, 0.2) is 68.8 Å². The monoisotopic (exact) mass is 614 g/mol. The molecule has 7 N–H and O–H groups in total. The van der Waals surface area contributed by atoms with Crippen LogP contribution in [-0.4, -0.2) is 42.5 Å². The predicted molar refractivity (Wildman–Crippen MR) is 168 cm³/mol. The molecular formula is C30H39ClN6O6. The van der Waals surface area contributed by atoms with Gasteiger partial charge in [0.2, 0.25) is 11.8 Å². The molecule has 0 aliphatic carbocycles. The summed E-state index contributed by atoms with van der Waals surface area (Å²) in [6.07, 6.45) is 0.172. The number of carbonyl (C=O) groups excluding carboxylic acids is 3. The molecule has 0 fully saturated rings. The number of nitrogens with two attached hydrogens (primary N) is 2. The van der Waals surface area contributed by atoms with E-state index in [4.69, 9.17) is 20.6 Å². The lowest BCUT2D eigenvalue weighted by molar-refractivity contribution is -0.128. The molecular weight excluding hydrogens is 576 g/mol. The van der Waals surface area contributed by atoms with E-state index in [-0.39, 0.29) is 43.9 Å². The van der Waals surface area contributed by atoms with Crippen LogP contribution in [0.4, 0.5) is 10.5 Å². The Bertz CT molecular complexity index is 1470. The number of hydrogen-bond acceptors (Lipinski definition) is 7. The van der Waals surface area contributed by atoms with E-state index in [1.807, 2.05) is 44.2 Å². The summed E-state index contributed by atoms with van der Waals surface area (Å²) >= 11 is 0. The number of halogens is 1. The second-order valence-corrected chi connectivity index (χ2v) is 10.3. The molecule has 3 rings (SSSR count). The molecule has 13 heteroatoms. The van der Waals surface area contributed by atoms with Crippen LogP contribution in [0.3, 0.4) is 0 Å². The van der Waals surface area contributed by atoms with Gasteiger partial charge in [-0.3, -0.25) is 14.6 Å². The first kappa shape index (κ1) is 34.6. The molecule has 12 nitrogen and oxygen atoms in total. The number of carbonyl (C=O) groups is 3. The van der Waals surface area contributed by atoms with Crippen molar-refractivity contribution in [3.8, 4) is 0 Å². The number of aliphatic imine (C=N–C) groups is 1. The van der Waals surface area contributed by atoms with Crippen molar-refractivity contribution in [2.45, 2.75) is 58.7 Å². The van der Waals surface area contributed by atoms with Crippen molar-refractivity contribution in [2.75, 3.05) is 11.9 Å². The molecule has 3 amide bonds. The van der Waals surface area contributed by atoms with Gasteiger partial charge in [-0.15, -0.1) is 12.4 Å². The maximum atomic E-state index is 13.4. The quantitative estimate of drug-likeness (QED) is 0.0837. The maximum absolute atomic E-state index is 13.4. The van der Waals surface area contributed by atoms with Gasteiger partial charge in [-0.25, -0.2) is 9.59 Å². The molecule has 3 aromatic rings. The number of alkyl carbamates (subject to hydrolysis) is 1. The maximum Gasteiger partial charge on any atom is 0.408 e. The number of guanidine groups is 1. The van der Waals surface area contributed by atoms with Crippen LogP contribution in [-0.2, 0) is 20.9 Å². The number of hydrogen-bond donors (Lipinski definition) is 5. The third-order valence-corrected chi connectivity index (χ3v) is 6.33. The van der Waals surface area contributed by atoms with E-state index in [0.29, 0.717) is 24.1 Å². The normalized spacial score (nSPS) is 12.0. The first-order chi connectivity index (χ1) is 20.0. The molecule has 2 atom stereocenters. The first-order valence-corrected chi connectivity index (χ1v) is 13.7. The van der Waals surface area contributed by atoms with E-state index < -0.39 is 35.6 Å². The minimum absolute atomic E-state index is 0. The second kappa shape index (κ2) is 16.8. The third-order valence-electron chi connectivity index (χ3n) is 6.33. The van der Waals surface area contributed by atoms with Crippen LogP contribution < -0.4 is 33.0 Å². The predicted octanol–water partition coefficient (Wildman–Crippen LogP) is 3.34. The largest absolute Gasteiger partial charge is 0.445 e. The Balaban J connectivity index is 0.00000645. The van der Waals surface area contributed by atoms with Crippen LogP contribution in [0.5, 0.6) is 0 Å². The number of ether oxygens (including phenoxy) is 1. The van der Waals surface area contributed by atoms with Gasteiger partial charge in [-0.05, 0) is 55.4 Å². The molecule has 43 heavy (non-hydrogen) atoms. The lowest BCUT2D eigenvalue weighted by atomic mass is 10.0. The van der Waals surface area contributed by atoms with Crippen LogP contribution in [0, 0.1) is 12.8 Å². The van der Waals surface area contributed by atoms with Gasteiger partial charge in [-0.2, -0.15) is 0 Å². The summed E-state index contributed by atoms with van der Waals surface area (Å²) < 4.78 is 10.6. The second-order valence-electron chi connectivity index (χ2n) is 10.3. The van der Waals surface area contributed by atoms with Crippen molar-refractivity contribution in [3.05, 3.63) is 76.1 Å². The highest BCUT2D eigenvalue weighted by Crippen LogP contribution is 2.21. The van der Waals surface area contributed by atoms with E-state index >= 15 is 0 Å². The summed E-state index contributed by atoms with van der Waals surface area (Å²) in [4.78, 5) is 55.0. The number of nitrogens with zero attached hydrogens (tertiary/aromatic N) is 1. The van der Waals surface area contributed by atoms with Gasteiger partial charge in [0.05, 0.1) is 0 Å². The zero-order valence-electron chi connectivity index (χ0n) is 24.4. The molecule has 0 saturated heterocycles. The van der Waals surface area contributed by atoms with Crippen LogP contribution >= 0.6 is 12.4 Å². The van der Waals surface area contributed by atoms with E-state index in [9.17, 15) is 19.2 Å². The highest BCUT2D eigenvalue weighted by molar-refractivity contribution is 5.99. The van der Waals surface area contributed by atoms with Crippen molar-refractivity contribution >= 4 is 52.9 Å². The Hall–Kier alpha value is -4.58. The topological polar surface area (TPSA) is 191 Å². The molecule has 1 aromatic heterocycles. The average molecular weight is 615 g/mol. The van der Waals surface area contributed by atoms with Crippen LogP contribution in [0.2, 0.25) is 0 Å². The van der Waals surface area contributed by atoms with E-state index in [0.717, 1.165) is 16.5 Å². The molecule has 2 aromatic carbocycles. The summed E-state index contributed by atoms with van der Waals surface area (Å²) in [6.45, 7) is 5.91. The minimum Gasteiger partial charge on any atom is -0.445 e. The number of nitrogens with one attached hydrogen (secondary N) is 3. The number of benzene rings is 2. The van der Waals surface area contributed by atoms with Crippen LogP contribution in [0.25, 0.3) is 11.0 Å². The van der Waals surface area contributed by atoms with Gasteiger partial charge in [0.25, 0.3) is 0 Å². The lowest BCUT2D eigenvalue weighted by Gasteiger charge is -2.24. The molecule has 0 unspecified atom stereocenters. The molecule has 0 spiro atoms. The Morgan fingerprint density at radius 2 is 1.70 bits per heavy atom. The summed E-state index contributed by atoms with van der Waals surface area (Å²) in [5, 5.41) is 8.89. The Kier molecular flexibility index (Phi) is 13.5. The van der Waals surface area contributed by atoms with Gasteiger partial charge in [-0.1, -0.05) is 44.2 Å². The molecule has 0 radical (unpaired) electrons. The SMILES string of the molecule is Cc1cc(=O)oc2cc(NC(=O)[C@H](CCCN=C(N)N)NC(=O)[C@H](CC(C)C)NC(=O)OCc3ccccc3)ccc12.Cl. The van der Waals surface area contributed by atoms with E-state index in [1.54, 1.807) is 25.1 Å². The van der Waals surface area contributed by atoms with E-state index in [2.05, 4.69) is 20.9 Å². The number of amides is 3. The fraction of sp³-hybridized carbons (Fsp3) is 0.367. The number of rotatable bonds is 13. The minimum atomic E-state index is -0.983. The third kappa shape index (κ3) is 11.3. The Labute approximate surface area is 256 Å². The summed E-state index contributed by atoms with van der Waals surface area (Å²) in [6, 6.07) is 13.6. The molecule has 1 heterocycles. The summed E-state index contributed by atoms with van der Waals surface area (Å²) in [7, 11) is 0. The molecule has 232 valence electrons. The smallest absolute Gasteiger partial charge is 0.408 e. The van der Waals surface area contributed by atoms with Crippen molar-refractivity contribution < 1.29 is 23.5 Å². The van der Waals surface area contributed by atoms with Crippen molar-refractivity contribution in [3.63, 3.8) is 0 Å². The van der Waals surface area contributed by atoms with Gasteiger partial charge >= 0.3 is 11.7 Å².